The average Bonchev–Trinajstić information content (AvgIpc) is 4.09. The zero-order chi connectivity index (χ0) is 59.0. The summed E-state index contributed by atoms with van der Waals surface area (Å²) in [4.78, 5) is 40.6. The number of rotatable bonds is 17. The van der Waals surface area contributed by atoms with Crippen LogP contribution in [0.3, 0.4) is 0 Å². The van der Waals surface area contributed by atoms with E-state index < -0.39 is 35.7 Å². The molecule has 0 saturated carbocycles. The highest BCUT2D eigenvalue weighted by Crippen LogP contribution is 2.41. The maximum absolute atomic E-state index is 13.5. The molecule has 0 unspecified atom stereocenters. The summed E-state index contributed by atoms with van der Waals surface area (Å²) in [5.74, 6) is -0.107. The molecule has 436 valence electrons. The van der Waals surface area contributed by atoms with Crippen molar-refractivity contribution in [2.45, 2.75) is 137 Å². The molecule has 0 saturated heterocycles. The molecule has 0 radical (unpaired) electrons. The summed E-state index contributed by atoms with van der Waals surface area (Å²) in [6, 6.07) is 30.6. The normalized spacial score (nSPS) is 14.6. The fraction of sp³-hybridized carbons (Fsp3) is 0.403. The summed E-state index contributed by atoms with van der Waals surface area (Å²) in [7, 11) is -10.4. The molecular formula is C62H82N8O8S3. The number of carbonyl (C=O) groups excluding carboxylic acids is 2. The van der Waals surface area contributed by atoms with Gasteiger partial charge in [0.05, 0.1) is 67.4 Å². The van der Waals surface area contributed by atoms with Crippen LogP contribution >= 0.6 is 0 Å². The van der Waals surface area contributed by atoms with Gasteiger partial charge in [0.15, 0.2) is 25.4 Å². The number of nitrogens with zero attached hydrogens (tertiary/aromatic N) is 5. The second-order valence-corrected chi connectivity index (χ2v) is 26.7. The van der Waals surface area contributed by atoms with E-state index in [4.69, 9.17) is 6.57 Å². The molecule has 0 spiro atoms. The Balaban J connectivity index is 0.000000282. The van der Waals surface area contributed by atoms with Gasteiger partial charge < -0.3 is 20.9 Å². The lowest BCUT2D eigenvalue weighted by molar-refractivity contribution is 0.0942. The van der Waals surface area contributed by atoms with Crippen molar-refractivity contribution in [3.8, 4) is 0 Å². The zero-order valence-corrected chi connectivity index (χ0v) is 50.4. The van der Waals surface area contributed by atoms with Crippen molar-refractivity contribution in [1.29, 1.82) is 0 Å². The predicted octanol–water partition coefficient (Wildman–Crippen LogP) is 11.2. The first-order valence-electron chi connectivity index (χ1n) is 27.1. The molecule has 3 N–H and O–H groups in total. The Hall–Kier alpha value is -6.66. The molecule has 8 rings (SSSR count). The molecule has 2 atom stereocenters. The highest BCUT2D eigenvalue weighted by Gasteiger charge is 2.42. The zero-order valence-electron chi connectivity index (χ0n) is 47.9. The second-order valence-electron chi connectivity index (χ2n) is 20.2. The van der Waals surface area contributed by atoms with Gasteiger partial charge in [-0.3, -0.25) is 19.6 Å². The summed E-state index contributed by atoms with van der Waals surface area (Å²) in [5.41, 5.74) is 8.79. The molecular weight excluding hydrogens is 1080 g/mol. The van der Waals surface area contributed by atoms with Crippen LogP contribution in [-0.4, -0.2) is 87.4 Å². The van der Waals surface area contributed by atoms with Crippen LogP contribution in [0.4, 0.5) is 5.69 Å². The van der Waals surface area contributed by atoms with Crippen molar-refractivity contribution in [3.63, 3.8) is 0 Å². The van der Waals surface area contributed by atoms with Crippen LogP contribution in [0.5, 0.6) is 0 Å². The van der Waals surface area contributed by atoms with Gasteiger partial charge in [-0.05, 0) is 104 Å². The number of sulfone groups is 2. The van der Waals surface area contributed by atoms with Crippen LogP contribution in [-0.2, 0) is 55.9 Å². The molecule has 2 aliphatic heterocycles. The van der Waals surface area contributed by atoms with Gasteiger partial charge in [0.2, 0.25) is 10.0 Å². The Morgan fingerprint density at radius 3 is 1.43 bits per heavy atom. The molecule has 0 fully saturated rings. The molecule has 2 aromatic heterocycles. The summed E-state index contributed by atoms with van der Waals surface area (Å²) < 4.78 is 76.1. The third kappa shape index (κ3) is 17.9. The molecule has 2 amide bonds. The van der Waals surface area contributed by atoms with Crippen molar-refractivity contribution in [2.24, 2.45) is 11.8 Å². The predicted molar refractivity (Wildman–Crippen MR) is 323 cm³/mol. The van der Waals surface area contributed by atoms with E-state index in [9.17, 15) is 34.8 Å². The van der Waals surface area contributed by atoms with Crippen LogP contribution in [0, 0.1) is 32.3 Å². The fourth-order valence-corrected chi connectivity index (χ4v) is 12.4. The Morgan fingerprint density at radius 1 is 0.630 bits per heavy atom. The lowest BCUT2D eigenvalue weighted by Gasteiger charge is -2.27. The maximum Gasteiger partial charge on any atom is 0.253 e. The number of hydrogen-bond acceptors (Lipinski definition) is 12. The molecule has 81 heavy (non-hydrogen) atoms. The van der Waals surface area contributed by atoms with Crippen molar-refractivity contribution in [3.05, 3.63) is 189 Å². The number of aryl methyl sites for hydroxylation is 2. The number of pyridine rings is 2. The SMILES string of the molecule is C.CCN(CC)CC.CCS(=O)(=O)c1ccc(CNC(=O)c2cnc3c(c2)CN[C@H]3C(C)C)cc1.Cc1ccc(C)cc1.[C-]#[N+]c1ccc(S(=O)(=O)N2Cc3cc(C(=O)NCc4ccc(S(=O)(=O)CC)cc4)cnc3[C@@H]2C(C)C)cc1. The van der Waals surface area contributed by atoms with Gasteiger partial charge in [0, 0.05) is 38.6 Å². The highest BCUT2D eigenvalue weighted by atomic mass is 32.2. The van der Waals surface area contributed by atoms with Gasteiger partial charge in [-0.25, -0.2) is 30.1 Å². The molecule has 2 aliphatic rings. The van der Waals surface area contributed by atoms with E-state index in [1.807, 2.05) is 19.9 Å². The number of benzene rings is 4. The molecule has 19 heteroatoms. The lowest BCUT2D eigenvalue weighted by Crippen LogP contribution is -2.32. The van der Waals surface area contributed by atoms with Crippen LogP contribution < -0.4 is 16.0 Å². The second kappa shape index (κ2) is 30.4. The summed E-state index contributed by atoms with van der Waals surface area (Å²) >= 11 is 0. The van der Waals surface area contributed by atoms with Crippen LogP contribution in [0.15, 0.2) is 136 Å². The van der Waals surface area contributed by atoms with Gasteiger partial charge in [0.1, 0.15) is 0 Å². The number of carbonyl (C=O) groups is 2. The number of nitrogens with one attached hydrogen (secondary N) is 3. The van der Waals surface area contributed by atoms with E-state index in [1.54, 1.807) is 62.5 Å². The van der Waals surface area contributed by atoms with E-state index in [2.05, 4.69) is 108 Å². The van der Waals surface area contributed by atoms with E-state index in [-0.39, 0.29) is 65.6 Å². The van der Waals surface area contributed by atoms with E-state index in [1.165, 1.54) is 77.7 Å². The molecule has 4 aromatic carbocycles. The molecule has 6 aromatic rings. The monoisotopic (exact) mass is 1160 g/mol. The Labute approximate surface area is 482 Å². The number of fused-ring (bicyclic) bond motifs is 2. The van der Waals surface area contributed by atoms with Crippen LogP contribution in [0.1, 0.15) is 147 Å². The van der Waals surface area contributed by atoms with Crippen molar-refractivity contribution >= 4 is 47.2 Å². The Kier molecular flexibility index (Phi) is 25.1. The quantitative estimate of drug-likeness (QED) is 0.0729. The van der Waals surface area contributed by atoms with Crippen molar-refractivity contribution < 1.29 is 34.8 Å². The maximum atomic E-state index is 13.5. The summed E-state index contributed by atoms with van der Waals surface area (Å²) in [6.07, 6.45) is 3.06. The first kappa shape index (κ1) is 66.8. The topological polar surface area (TPSA) is 209 Å². The van der Waals surface area contributed by atoms with Gasteiger partial charge in [-0.15, -0.1) is 0 Å². The van der Waals surface area contributed by atoms with Gasteiger partial charge in [0.25, 0.3) is 11.8 Å². The van der Waals surface area contributed by atoms with Crippen molar-refractivity contribution in [2.75, 3.05) is 31.1 Å². The highest BCUT2D eigenvalue weighted by molar-refractivity contribution is 7.91. The largest absolute Gasteiger partial charge is 0.348 e. The van der Waals surface area contributed by atoms with Gasteiger partial charge in [-0.2, -0.15) is 4.31 Å². The minimum absolute atomic E-state index is 0. The Morgan fingerprint density at radius 2 is 1.05 bits per heavy atom. The third-order valence-electron chi connectivity index (χ3n) is 13.9. The molecule has 16 nitrogen and oxygen atoms in total. The number of aromatic nitrogens is 2. The number of hydrogen-bond donors (Lipinski definition) is 3. The smallest absolute Gasteiger partial charge is 0.253 e. The molecule has 0 bridgehead atoms. The number of amides is 2. The average molecular weight is 1160 g/mol. The minimum Gasteiger partial charge on any atom is -0.348 e. The molecule has 0 aliphatic carbocycles. The van der Waals surface area contributed by atoms with Gasteiger partial charge in [-0.1, -0.05) is 154 Å². The van der Waals surface area contributed by atoms with Crippen LogP contribution in [0.2, 0.25) is 0 Å². The van der Waals surface area contributed by atoms with E-state index in [0.717, 1.165) is 28.9 Å². The van der Waals surface area contributed by atoms with E-state index in [0.29, 0.717) is 45.4 Å². The molecule has 4 heterocycles. The Bertz CT molecular complexity index is 3390. The van der Waals surface area contributed by atoms with Crippen LogP contribution in [0.25, 0.3) is 4.85 Å². The van der Waals surface area contributed by atoms with Gasteiger partial charge >= 0.3 is 0 Å². The summed E-state index contributed by atoms with van der Waals surface area (Å²) in [6.45, 7) is 34.1. The van der Waals surface area contributed by atoms with E-state index >= 15 is 0 Å². The minimum atomic E-state index is -3.87. The number of sulfonamides is 1. The summed E-state index contributed by atoms with van der Waals surface area (Å²) in [5, 5.41) is 9.09. The standard InChI is InChI=1S/C27H28N4O5S2.C20H25N3O3S.C8H10.C6H15N.CH4/c1-5-37(33,34)23-10-6-19(7-11-23)15-30-27(32)20-14-21-17-31(26(18(2)3)25(21)29-16-20)38(35,36)24-12-8-22(28-4)9-13-24;1-4-27(25,26)17-7-5-14(6-8-17)10-23-20(24)16-9-15-11-21-18(13(2)3)19(15)22-12-16;1-7-3-5-8(2)6-4-7;1-4-7(5-2)6-3;/h6-14,16,18,26H,5,15,17H2,1-3H3,(H,30,32);5-9,12-13,18,21H,4,10-11H2,1-3H3,(H,23,24);3-6H,1-2H3;4-6H2,1-3H3;1H4/t26-;18-;;;/m00.../s1. The van der Waals surface area contributed by atoms with Crippen molar-refractivity contribution in [1.82, 2.24) is 35.1 Å². The first-order chi connectivity index (χ1) is 37.9. The lowest BCUT2D eigenvalue weighted by atomic mass is 10.0. The fourth-order valence-electron chi connectivity index (χ4n) is 8.93. The first-order valence-corrected chi connectivity index (χ1v) is 31.8. The third-order valence-corrected chi connectivity index (χ3v) is 19.3.